The molecule has 0 aliphatic rings. The van der Waals surface area contributed by atoms with Crippen molar-refractivity contribution in [1.29, 1.82) is 0 Å². The van der Waals surface area contributed by atoms with E-state index in [0.29, 0.717) is 0 Å². The number of nitrogens with zero attached hydrogens (tertiary/aromatic N) is 2. The molecular formula is C19H18FN3OS. The number of hydrogen-bond acceptors (Lipinski definition) is 3. The number of para-hydroxylation sites is 1. The van der Waals surface area contributed by atoms with Crippen molar-refractivity contribution < 1.29 is 9.18 Å². The van der Waals surface area contributed by atoms with E-state index in [0.717, 1.165) is 27.7 Å². The molecule has 0 radical (unpaired) electrons. The standard InChI is InChI=1S/C19H18FN3OS/c1-13-19(14(2)23(22-13)16-6-4-3-5-7-16)21-18(24)12-25-17-10-8-15(20)9-11-17/h3-11H,12H2,1-2H3,(H,21,24). The Hall–Kier alpha value is -2.60. The van der Waals surface area contributed by atoms with Crippen LogP contribution in [0.25, 0.3) is 5.69 Å². The van der Waals surface area contributed by atoms with E-state index in [1.165, 1.54) is 23.9 Å². The van der Waals surface area contributed by atoms with Crippen LogP contribution in [0.1, 0.15) is 11.4 Å². The second-order valence-electron chi connectivity index (χ2n) is 5.58. The average molecular weight is 355 g/mol. The van der Waals surface area contributed by atoms with E-state index >= 15 is 0 Å². The molecule has 0 spiro atoms. The van der Waals surface area contributed by atoms with Crippen molar-refractivity contribution in [2.45, 2.75) is 18.7 Å². The predicted octanol–water partition coefficient (Wildman–Crippen LogP) is 4.36. The summed E-state index contributed by atoms with van der Waals surface area (Å²) in [4.78, 5) is 13.1. The molecule has 4 nitrogen and oxygen atoms in total. The van der Waals surface area contributed by atoms with Crippen LogP contribution in [0.2, 0.25) is 0 Å². The Morgan fingerprint density at radius 2 is 1.80 bits per heavy atom. The first kappa shape index (κ1) is 17.2. The van der Waals surface area contributed by atoms with Gasteiger partial charge >= 0.3 is 0 Å². The molecule has 0 unspecified atom stereocenters. The maximum Gasteiger partial charge on any atom is 0.234 e. The molecule has 3 aromatic rings. The Labute approximate surface area is 150 Å². The molecule has 0 saturated heterocycles. The van der Waals surface area contributed by atoms with Crippen LogP contribution in [0, 0.1) is 19.7 Å². The monoisotopic (exact) mass is 355 g/mol. The summed E-state index contributed by atoms with van der Waals surface area (Å²) in [5.41, 5.74) is 3.32. The van der Waals surface area contributed by atoms with E-state index < -0.39 is 0 Å². The van der Waals surface area contributed by atoms with Gasteiger partial charge in [-0.3, -0.25) is 4.79 Å². The molecule has 0 atom stereocenters. The molecule has 1 N–H and O–H groups in total. The molecule has 0 aliphatic heterocycles. The van der Waals surface area contributed by atoms with Gasteiger partial charge in [0.25, 0.3) is 0 Å². The topological polar surface area (TPSA) is 46.9 Å². The largest absolute Gasteiger partial charge is 0.322 e. The van der Waals surface area contributed by atoms with Gasteiger partial charge in [0.05, 0.1) is 28.5 Å². The minimum Gasteiger partial charge on any atom is -0.322 e. The summed E-state index contributed by atoms with van der Waals surface area (Å²) in [5.74, 6) is -0.150. The maximum absolute atomic E-state index is 12.9. The summed E-state index contributed by atoms with van der Waals surface area (Å²) < 4.78 is 14.7. The van der Waals surface area contributed by atoms with E-state index in [9.17, 15) is 9.18 Å². The summed E-state index contributed by atoms with van der Waals surface area (Å²) in [7, 11) is 0. The van der Waals surface area contributed by atoms with Crippen molar-refractivity contribution in [2.24, 2.45) is 0 Å². The molecule has 0 saturated carbocycles. The minimum absolute atomic E-state index is 0.117. The normalized spacial score (nSPS) is 10.7. The van der Waals surface area contributed by atoms with Crippen molar-refractivity contribution in [3.8, 4) is 5.69 Å². The van der Waals surface area contributed by atoms with Crippen molar-refractivity contribution in [3.63, 3.8) is 0 Å². The van der Waals surface area contributed by atoms with Crippen LogP contribution < -0.4 is 5.32 Å². The van der Waals surface area contributed by atoms with Gasteiger partial charge in [-0.05, 0) is 50.2 Å². The van der Waals surface area contributed by atoms with Gasteiger partial charge in [0.1, 0.15) is 5.82 Å². The van der Waals surface area contributed by atoms with Crippen LogP contribution >= 0.6 is 11.8 Å². The Morgan fingerprint density at radius 3 is 2.48 bits per heavy atom. The van der Waals surface area contributed by atoms with Crippen molar-refractivity contribution in [1.82, 2.24) is 9.78 Å². The zero-order valence-corrected chi connectivity index (χ0v) is 14.8. The molecule has 3 rings (SSSR count). The molecule has 1 aromatic heterocycles. The molecule has 128 valence electrons. The van der Waals surface area contributed by atoms with Gasteiger partial charge < -0.3 is 5.32 Å². The van der Waals surface area contributed by atoms with Gasteiger partial charge in [-0.25, -0.2) is 9.07 Å². The van der Waals surface area contributed by atoms with Gasteiger partial charge in [0, 0.05) is 4.90 Å². The highest BCUT2D eigenvalue weighted by molar-refractivity contribution is 8.00. The van der Waals surface area contributed by atoms with Gasteiger partial charge in [0.15, 0.2) is 0 Å². The molecule has 0 aliphatic carbocycles. The zero-order valence-electron chi connectivity index (χ0n) is 14.0. The lowest BCUT2D eigenvalue weighted by Crippen LogP contribution is -2.15. The highest BCUT2D eigenvalue weighted by Crippen LogP contribution is 2.24. The van der Waals surface area contributed by atoms with Crippen LogP contribution in [-0.2, 0) is 4.79 Å². The highest BCUT2D eigenvalue weighted by atomic mass is 32.2. The number of carbonyl (C=O) groups excluding carboxylic acids is 1. The number of amides is 1. The fraction of sp³-hybridized carbons (Fsp3) is 0.158. The van der Waals surface area contributed by atoms with Gasteiger partial charge in [-0.1, -0.05) is 18.2 Å². The van der Waals surface area contributed by atoms with E-state index in [2.05, 4.69) is 10.4 Å². The Bertz CT molecular complexity index is 876. The van der Waals surface area contributed by atoms with Crippen LogP contribution in [0.3, 0.4) is 0 Å². The first-order chi connectivity index (χ1) is 12.0. The summed E-state index contributed by atoms with van der Waals surface area (Å²) in [6, 6.07) is 15.9. The Morgan fingerprint density at radius 1 is 1.12 bits per heavy atom. The minimum atomic E-state index is -0.284. The number of halogens is 1. The van der Waals surface area contributed by atoms with Crippen molar-refractivity contribution in [3.05, 3.63) is 71.8 Å². The third-order valence-corrected chi connectivity index (χ3v) is 4.75. The lowest BCUT2D eigenvalue weighted by atomic mass is 10.3. The zero-order chi connectivity index (χ0) is 17.8. The van der Waals surface area contributed by atoms with E-state index in [1.807, 2.05) is 48.9 Å². The number of aryl methyl sites for hydroxylation is 1. The van der Waals surface area contributed by atoms with E-state index in [-0.39, 0.29) is 17.5 Å². The summed E-state index contributed by atoms with van der Waals surface area (Å²) in [6.07, 6.45) is 0. The van der Waals surface area contributed by atoms with Crippen LogP contribution in [0.15, 0.2) is 59.5 Å². The third-order valence-electron chi connectivity index (χ3n) is 3.74. The molecular weight excluding hydrogens is 337 g/mol. The number of rotatable bonds is 5. The lowest BCUT2D eigenvalue weighted by Gasteiger charge is -2.07. The maximum atomic E-state index is 12.9. The van der Waals surface area contributed by atoms with Crippen molar-refractivity contribution in [2.75, 3.05) is 11.1 Å². The highest BCUT2D eigenvalue weighted by Gasteiger charge is 2.15. The van der Waals surface area contributed by atoms with Crippen LogP contribution in [-0.4, -0.2) is 21.4 Å². The van der Waals surface area contributed by atoms with E-state index in [4.69, 9.17) is 0 Å². The fourth-order valence-corrected chi connectivity index (χ4v) is 3.20. The molecule has 6 heteroatoms. The number of carbonyl (C=O) groups is 1. The summed E-state index contributed by atoms with van der Waals surface area (Å²) >= 11 is 1.37. The SMILES string of the molecule is Cc1nn(-c2ccccc2)c(C)c1NC(=O)CSc1ccc(F)cc1. The molecule has 0 fully saturated rings. The third kappa shape index (κ3) is 4.09. The van der Waals surface area contributed by atoms with Crippen LogP contribution in [0.4, 0.5) is 10.1 Å². The van der Waals surface area contributed by atoms with Gasteiger partial charge in [0.2, 0.25) is 5.91 Å². The number of aromatic nitrogens is 2. The fourth-order valence-electron chi connectivity index (χ4n) is 2.50. The van der Waals surface area contributed by atoms with Crippen molar-refractivity contribution >= 4 is 23.4 Å². The number of anilines is 1. The number of benzene rings is 2. The van der Waals surface area contributed by atoms with Gasteiger partial charge in [-0.15, -0.1) is 11.8 Å². The van der Waals surface area contributed by atoms with Crippen LogP contribution in [0.5, 0.6) is 0 Å². The quantitative estimate of drug-likeness (QED) is 0.692. The Kier molecular flexibility index (Phi) is 5.19. The Balaban J connectivity index is 1.69. The van der Waals surface area contributed by atoms with Gasteiger partial charge in [-0.2, -0.15) is 5.10 Å². The molecule has 1 amide bonds. The summed E-state index contributed by atoms with van der Waals surface area (Å²) in [5, 5.41) is 7.45. The first-order valence-corrected chi connectivity index (χ1v) is 8.83. The molecule has 25 heavy (non-hydrogen) atoms. The molecule has 2 aromatic carbocycles. The molecule has 0 bridgehead atoms. The van der Waals surface area contributed by atoms with E-state index in [1.54, 1.807) is 12.1 Å². The molecule has 1 heterocycles. The predicted molar refractivity (Wildman–Crippen MR) is 98.8 cm³/mol. The average Bonchev–Trinajstić information content (AvgIpc) is 2.90. The number of thioether (sulfide) groups is 1. The number of nitrogens with one attached hydrogen (secondary N) is 1. The first-order valence-electron chi connectivity index (χ1n) is 7.84. The second kappa shape index (κ2) is 7.53. The number of hydrogen-bond donors (Lipinski definition) is 1. The smallest absolute Gasteiger partial charge is 0.234 e. The summed E-state index contributed by atoms with van der Waals surface area (Å²) in [6.45, 7) is 3.80. The lowest BCUT2D eigenvalue weighted by molar-refractivity contribution is -0.113. The second-order valence-corrected chi connectivity index (χ2v) is 6.63.